The summed E-state index contributed by atoms with van der Waals surface area (Å²) in [5.74, 6) is 0. The Morgan fingerprint density at radius 3 is 2.15 bits per heavy atom. The Bertz CT molecular complexity index is 1530. The lowest BCUT2D eigenvalue weighted by atomic mass is 9.92. The number of H-pyrrole nitrogens is 2. The second-order valence-electron chi connectivity index (χ2n) is 6.46. The number of rotatable bonds is 1. The first-order valence-electron chi connectivity index (χ1n) is 8.32. The standard InChI is InChI=1S/C22H14N2O2/c1-12-21(25)24-18(22(26)23-12)11-16-8-7-15-6-5-13-3-2-4-14-9-10-17(16)20(15)19(13)14/h2-11H,1H2,(H,23,26)(H,24,25)/b18-11-. The van der Waals surface area contributed by atoms with Gasteiger partial charge in [0.25, 0.3) is 11.1 Å². The molecule has 0 saturated heterocycles. The van der Waals surface area contributed by atoms with Gasteiger partial charge in [0.1, 0.15) is 5.35 Å². The summed E-state index contributed by atoms with van der Waals surface area (Å²) in [6.45, 7) is 3.52. The first kappa shape index (κ1) is 14.7. The van der Waals surface area contributed by atoms with Crippen LogP contribution in [0, 0.1) is 0 Å². The van der Waals surface area contributed by atoms with Gasteiger partial charge in [-0.2, -0.15) is 0 Å². The minimum Gasteiger partial charge on any atom is -0.317 e. The van der Waals surface area contributed by atoms with E-state index in [0.29, 0.717) is 0 Å². The molecular formula is C22H14N2O2. The van der Waals surface area contributed by atoms with Crippen LogP contribution in [0.3, 0.4) is 0 Å². The molecule has 5 aromatic rings. The molecule has 124 valence electrons. The van der Waals surface area contributed by atoms with Crippen LogP contribution in [-0.2, 0) is 0 Å². The highest BCUT2D eigenvalue weighted by molar-refractivity contribution is 6.24. The molecule has 0 aliphatic rings. The fourth-order valence-electron chi connectivity index (χ4n) is 3.66. The van der Waals surface area contributed by atoms with Crippen molar-refractivity contribution in [3.63, 3.8) is 0 Å². The molecule has 0 atom stereocenters. The molecule has 26 heavy (non-hydrogen) atoms. The lowest BCUT2D eigenvalue weighted by Gasteiger charge is -2.12. The average Bonchev–Trinajstić information content (AvgIpc) is 2.65. The molecule has 0 aliphatic heterocycles. The van der Waals surface area contributed by atoms with E-state index >= 15 is 0 Å². The maximum absolute atomic E-state index is 12.2. The molecule has 0 unspecified atom stereocenters. The van der Waals surface area contributed by atoms with Crippen molar-refractivity contribution in [3.8, 4) is 0 Å². The van der Waals surface area contributed by atoms with E-state index in [1.165, 1.54) is 21.5 Å². The molecule has 0 bridgehead atoms. The van der Waals surface area contributed by atoms with Crippen molar-refractivity contribution >= 4 is 45.0 Å². The third-order valence-electron chi connectivity index (χ3n) is 4.89. The lowest BCUT2D eigenvalue weighted by molar-refractivity contribution is 1.01. The van der Waals surface area contributed by atoms with Crippen LogP contribution in [0.15, 0.2) is 64.2 Å². The Morgan fingerprint density at radius 2 is 1.38 bits per heavy atom. The van der Waals surface area contributed by atoms with Gasteiger partial charge in [0.05, 0.1) is 5.35 Å². The Labute approximate surface area is 147 Å². The van der Waals surface area contributed by atoms with E-state index < -0.39 is 5.56 Å². The molecule has 1 heterocycles. The predicted octanol–water partition coefficient (Wildman–Crippen LogP) is 2.20. The fraction of sp³-hybridized carbons (Fsp3) is 0. The predicted molar refractivity (Wildman–Crippen MR) is 106 cm³/mol. The van der Waals surface area contributed by atoms with Gasteiger partial charge in [0.15, 0.2) is 0 Å². The highest BCUT2D eigenvalue weighted by Crippen LogP contribution is 2.35. The van der Waals surface area contributed by atoms with Gasteiger partial charge in [0.2, 0.25) is 0 Å². The van der Waals surface area contributed by atoms with Crippen molar-refractivity contribution in [2.24, 2.45) is 0 Å². The minimum atomic E-state index is -0.395. The number of nitrogens with one attached hydrogen (secondary N) is 2. The van der Waals surface area contributed by atoms with Crippen LogP contribution in [0.4, 0.5) is 0 Å². The van der Waals surface area contributed by atoms with Gasteiger partial charge >= 0.3 is 0 Å². The summed E-state index contributed by atoms with van der Waals surface area (Å²) >= 11 is 0. The molecule has 4 aromatic carbocycles. The summed E-state index contributed by atoms with van der Waals surface area (Å²) in [6, 6.07) is 18.7. The minimum absolute atomic E-state index is 0.0579. The van der Waals surface area contributed by atoms with Crippen molar-refractivity contribution in [1.82, 2.24) is 9.97 Å². The Balaban J connectivity index is 1.95. The smallest absolute Gasteiger partial charge is 0.272 e. The zero-order valence-electron chi connectivity index (χ0n) is 13.8. The second kappa shape index (κ2) is 5.17. The maximum Gasteiger partial charge on any atom is 0.272 e. The molecule has 4 nitrogen and oxygen atoms in total. The van der Waals surface area contributed by atoms with Gasteiger partial charge in [-0.05, 0) is 44.0 Å². The summed E-state index contributed by atoms with van der Waals surface area (Å²) in [7, 11) is 0. The molecule has 4 heteroatoms. The monoisotopic (exact) mass is 338 g/mol. The quantitative estimate of drug-likeness (QED) is 0.460. The molecule has 0 amide bonds. The summed E-state index contributed by atoms with van der Waals surface area (Å²) in [5, 5.41) is 7.23. The van der Waals surface area contributed by atoms with Crippen LogP contribution in [0.2, 0.25) is 0 Å². The van der Waals surface area contributed by atoms with Gasteiger partial charge < -0.3 is 9.97 Å². The van der Waals surface area contributed by atoms with Crippen LogP contribution in [0.5, 0.6) is 0 Å². The fourth-order valence-corrected chi connectivity index (χ4v) is 3.66. The van der Waals surface area contributed by atoms with Crippen LogP contribution in [0.25, 0.3) is 45.0 Å². The van der Waals surface area contributed by atoms with Crippen molar-refractivity contribution in [2.45, 2.75) is 0 Å². The van der Waals surface area contributed by atoms with Crippen molar-refractivity contribution in [2.75, 3.05) is 0 Å². The molecule has 5 rings (SSSR count). The SMILES string of the molecule is C=c1[nH]c(=O)/c(=C/c2ccc3ccc4cccc5ccc2c3c45)[nH]c1=O. The first-order chi connectivity index (χ1) is 12.6. The maximum atomic E-state index is 12.2. The van der Waals surface area contributed by atoms with Gasteiger partial charge in [0, 0.05) is 0 Å². The molecule has 1 aromatic heterocycles. The van der Waals surface area contributed by atoms with E-state index in [2.05, 4.69) is 59.0 Å². The van der Waals surface area contributed by atoms with E-state index in [1.54, 1.807) is 6.08 Å². The van der Waals surface area contributed by atoms with Gasteiger partial charge in [-0.15, -0.1) is 0 Å². The lowest BCUT2D eigenvalue weighted by Crippen LogP contribution is -2.46. The molecule has 0 saturated carbocycles. The van der Waals surface area contributed by atoms with E-state index in [4.69, 9.17) is 0 Å². The van der Waals surface area contributed by atoms with Crippen LogP contribution in [0.1, 0.15) is 5.56 Å². The van der Waals surface area contributed by atoms with Crippen molar-refractivity contribution in [3.05, 3.63) is 91.6 Å². The molecule has 0 radical (unpaired) electrons. The zero-order valence-corrected chi connectivity index (χ0v) is 13.8. The number of hydrogen-bond acceptors (Lipinski definition) is 2. The van der Waals surface area contributed by atoms with Crippen LogP contribution >= 0.6 is 0 Å². The second-order valence-corrected chi connectivity index (χ2v) is 6.46. The largest absolute Gasteiger partial charge is 0.317 e. The summed E-state index contributed by atoms with van der Waals surface area (Å²) < 4.78 is 0. The Morgan fingerprint density at radius 1 is 0.731 bits per heavy atom. The number of hydrogen-bond donors (Lipinski definition) is 2. The Kier molecular flexibility index (Phi) is 2.91. The molecule has 0 fully saturated rings. The molecule has 0 aliphatic carbocycles. The van der Waals surface area contributed by atoms with Crippen LogP contribution in [-0.4, -0.2) is 9.97 Å². The Hall–Kier alpha value is -3.66. The number of benzene rings is 4. The average molecular weight is 338 g/mol. The highest BCUT2D eigenvalue weighted by atomic mass is 16.1. The van der Waals surface area contributed by atoms with Gasteiger partial charge in [-0.25, -0.2) is 0 Å². The number of aromatic nitrogens is 2. The summed E-state index contributed by atoms with van der Waals surface area (Å²) in [5.41, 5.74) is 0.127. The normalized spacial score (nSPS) is 12.5. The van der Waals surface area contributed by atoms with Gasteiger partial charge in [-0.3, -0.25) is 9.59 Å². The first-order valence-corrected chi connectivity index (χ1v) is 8.32. The van der Waals surface area contributed by atoms with E-state index in [1.807, 2.05) is 12.1 Å². The van der Waals surface area contributed by atoms with Crippen molar-refractivity contribution in [1.29, 1.82) is 0 Å². The topological polar surface area (TPSA) is 65.7 Å². The molecule has 0 spiro atoms. The summed E-state index contributed by atoms with van der Waals surface area (Å²) in [6.07, 6.45) is 1.71. The third kappa shape index (κ3) is 2.02. The van der Waals surface area contributed by atoms with Crippen LogP contribution < -0.4 is 21.8 Å². The zero-order chi connectivity index (χ0) is 17.8. The van der Waals surface area contributed by atoms with E-state index in [0.717, 1.165) is 16.3 Å². The van der Waals surface area contributed by atoms with E-state index in [-0.39, 0.29) is 16.3 Å². The van der Waals surface area contributed by atoms with E-state index in [9.17, 15) is 9.59 Å². The number of aromatic amines is 2. The third-order valence-corrected chi connectivity index (χ3v) is 4.89. The molecular weight excluding hydrogens is 324 g/mol. The van der Waals surface area contributed by atoms with Crippen molar-refractivity contribution < 1.29 is 0 Å². The van der Waals surface area contributed by atoms with Gasteiger partial charge in [-0.1, -0.05) is 61.2 Å². The molecule has 2 N–H and O–H groups in total. The summed E-state index contributed by atoms with van der Waals surface area (Å²) in [4.78, 5) is 29.1. The highest BCUT2D eigenvalue weighted by Gasteiger charge is 2.09.